The molecule has 0 spiro atoms. The van der Waals surface area contributed by atoms with Gasteiger partial charge in [0.2, 0.25) is 11.8 Å². The Balaban J connectivity index is 1.51. The van der Waals surface area contributed by atoms with Crippen molar-refractivity contribution in [2.45, 2.75) is 25.7 Å². The van der Waals surface area contributed by atoms with Crippen LogP contribution in [-0.4, -0.2) is 24.9 Å². The average Bonchev–Trinajstić information content (AvgIpc) is 2.74. The summed E-state index contributed by atoms with van der Waals surface area (Å²) in [5.41, 5.74) is 1.64. The fourth-order valence-corrected chi connectivity index (χ4v) is 3.09. The van der Waals surface area contributed by atoms with Gasteiger partial charge in [0.15, 0.2) is 0 Å². The molecular weight excluding hydrogens is 419 g/mol. The van der Waals surface area contributed by atoms with E-state index in [4.69, 9.17) is 23.2 Å². The van der Waals surface area contributed by atoms with Crippen LogP contribution in [0.15, 0.2) is 60.7 Å². The molecular formula is C24H26Cl2N2O2. The van der Waals surface area contributed by atoms with Crippen LogP contribution in [0.25, 0.3) is 12.2 Å². The second-order valence-electron chi connectivity index (χ2n) is 6.71. The predicted octanol–water partition coefficient (Wildman–Crippen LogP) is 5.51. The largest absolute Gasteiger partial charge is 0.353 e. The van der Waals surface area contributed by atoms with E-state index in [1.54, 1.807) is 24.3 Å². The second-order valence-corrected chi connectivity index (χ2v) is 7.52. The molecule has 0 aromatic heterocycles. The van der Waals surface area contributed by atoms with Crippen molar-refractivity contribution in [3.05, 3.63) is 81.9 Å². The third-order valence-electron chi connectivity index (χ3n) is 4.34. The molecule has 0 aliphatic rings. The van der Waals surface area contributed by atoms with Gasteiger partial charge in [-0.2, -0.15) is 0 Å². The van der Waals surface area contributed by atoms with Crippen molar-refractivity contribution in [3.63, 3.8) is 0 Å². The summed E-state index contributed by atoms with van der Waals surface area (Å²) < 4.78 is 0. The van der Waals surface area contributed by atoms with Crippen LogP contribution in [0.3, 0.4) is 0 Å². The lowest BCUT2D eigenvalue weighted by Crippen LogP contribution is -2.23. The quantitative estimate of drug-likeness (QED) is 0.354. The Morgan fingerprint density at radius 1 is 0.667 bits per heavy atom. The fourth-order valence-electron chi connectivity index (χ4n) is 2.70. The topological polar surface area (TPSA) is 58.2 Å². The molecule has 6 heteroatoms. The van der Waals surface area contributed by atoms with E-state index in [0.717, 1.165) is 36.8 Å². The van der Waals surface area contributed by atoms with E-state index in [9.17, 15) is 9.59 Å². The molecule has 0 radical (unpaired) electrons. The minimum absolute atomic E-state index is 0.132. The number of amides is 2. The molecule has 0 heterocycles. The molecule has 158 valence electrons. The molecule has 2 N–H and O–H groups in total. The van der Waals surface area contributed by atoms with Crippen LogP contribution in [0, 0.1) is 0 Å². The summed E-state index contributed by atoms with van der Waals surface area (Å²) in [4.78, 5) is 23.6. The number of hydrogen-bond acceptors (Lipinski definition) is 2. The number of carbonyl (C=O) groups is 2. The summed E-state index contributed by atoms with van der Waals surface area (Å²) >= 11 is 12.1. The van der Waals surface area contributed by atoms with E-state index in [-0.39, 0.29) is 11.8 Å². The highest BCUT2D eigenvalue weighted by Gasteiger charge is 1.99. The smallest absolute Gasteiger partial charge is 0.243 e. The van der Waals surface area contributed by atoms with Crippen molar-refractivity contribution in [2.75, 3.05) is 13.1 Å². The van der Waals surface area contributed by atoms with E-state index in [1.165, 1.54) is 12.2 Å². The van der Waals surface area contributed by atoms with Gasteiger partial charge in [0, 0.05) is 35.3 Å². The number of hydrogen-bond donors (Lipinski definition) is 2. The zero-order valence-corrected chi connectivity index (χ0v) is 18.3. The van der Waals surface area contributed by atoms with Crippen LogP contribution < -0.4 is 10.6 Å². The summed E-state index contributed by atoms with van der Waals surface area (Å²) in [7, 11) is 0. The third kappa shape index (κ3) is 9.29. The van der Waals surface area contributed by atoms with Gasteiger partial charge >= 0.3 is 0 Å². The molecule has 0 fully saturated rings. The number of benzene rings is 2. The molecule has 0 saturated carbocycles. The summed E-state index contributed by atoms with van der Waals surface area (Å²) in [5, 5.41) is 6.96. The van der Waals surface area contributed by atoms with Crippen LogP contribution in [0.2, 0.25) is 10.0 Å². The number of unbranched alkanes of at least 4 members (excludes halogenated alkanes) is 3. The number of rotatable bonds is 11. The molecule has 2 rings (SSSR count). The highest BCUT2D eigenvalue weighted by Crippen LogP contribution is 2.16. The maximum absolute atomic E-state index is 11.8. The first-order valence-electron chi connectivity index (χ1n) is 9.97. The molecule has 0 unspecified atom stereocenters. The number of halogens is 2. The van der Waals surface area contributed by atoms with Crippen molar-refractivity contribution in [3.8, 4) is 0 Å². The summed E-state index contributed by atoms with van der Waals surface area (Å²) in [6.07, 6.45) is 10.2. The SMILES string of the molecule is O=C(C=Cc1ccccc1Cl)NCCCCCCNC(=O)C=Cc1ccccc1Cl. The number of carbonyl (C=O) groups excluding carboxylic acids is 2. The van der Waals surface area contributed by atoms with Gasteiger partial charge in [0.25, 0.3) is 0 Å². The van der Waals surface area contributed by atoms with Crippen LogP contribution in [0.5, 0.6) is 0 Å². The van der Waals surface area contributed by atoms with Crippen molar-refractivity contribution in [2.24, 2.45) is 0 Å². The van der Waals surface area contributed by atoms with Crippen LogP contribution in [0.4, 0.5) is 0 Å². The van der Waals surface area contributed by atoms with Gasteiger partial charge in [0.1, 0.15) is 0 Å². The van der Waals surface area contributed by atoms with E-state index in [2.05, 4.69) is 10.6 Å². The van der Waals surface area contributed by atoms with Crippen molar-refractivity contribution in [1.82, 2.24) is 10.6 Å². The molecule has 0 bridgehead atoms. The highest BCUT2D eigenvalue weighted by atomic mass is 35.5. The lowest BCUT2D eigenvalue weighted by Gasteiger charge is -2.04. The Bertz CT molecular complexity index is 821. The molecule has 4 nitrogen and oxygen atoms in total. The minimum Gasteiger partial charge on any atom is -0.353 e. The normalized spacial score (nSPS) is 11.1. The molecule has 0 aliphatic heterocycles. The minimum atomic E-state index is -0.132. The lowest BCUT2D eigenvalue weighted by atomic mass is 10.2. The second kappa shape index (κ2) is 13.6. The van der Waals surface area contributed by atoms with Crippen molar-refractivity contribution < 1.29 is 9.59 Å². The van der Waals surface area contributed by atoms with E-state index in [0.29, 0.717) is 23.1 Å². The zero-order chi connectivity index (χ0) is 21.6. The molecule has 2 aromatic carbocycles. The first-order valence-corrected chi connectivity index (χ1v) is 10.7. The van der Waals surface area contributed by atoms with Gasteiger partial charge in [-0.1, -0.05) is 72.4 Å². The molecule has 2 aromatic rings. The van der Waals surface area contributed by atoms with Gasteiger partial charge in [0.05, 0.1) is 0 Å². The maximum Gasteiger partial charge on any atom is 0.243 e. The summed E-state index contributed by atoms with van der Waals surface area (Å²) in [6.45, 7) is 1.25. The van der Waals surface area contributed by atoms with E-state index < -0.39 is 0 Å². The highest BCUT2D eigenvalue weighted by molar-refractivity contribution is 6.32. The Kier molecular flexibility index (Phi) is 10.8. The van der Waals surface area contributed by atoms with Gasteiger partial charge in [-0.25, -0.2) is 0 Å². The van der Waals surface area contributed by atoms with Crippen LogP contribution >= 0.6 is 23.2 Å². The monoisotopic (exact) mass is 444 g/mol. The summed E-state index contributed by atoms with van der Waals surface area (Å²) in [5.74, 6) is -0.264. The Morgan fingerprint density at radius 2 is 1.07 bits per heavy atom. The van der Waals surface area contributed by atoms with Gasteiger partial charge in [-0.3, -0.25) is 9.59 Å². The van der Waals surface area contributed by atoms with E-state index in [1.807, 2.05) is 36.4 Å². The molecule has 0 atom stereocenters. The first kappa shape index (κ1) is 23.7. The zero-order valence-electron chi connectivity index (χ0n) is 16.7. The Morgan fingerprint density at radius 3 is 1.47 bits per heavy atom. The predicted molar refractivity (Wildman–Crippen MR) is 125 cm³/mol. The molecule has 0 aliphatic carbocycles. The Labute approximate surface area is 188 Å². The van der Waals surface area contributed by atoms with Crippen molar-refractivity contribution in [1.29, 1.82) is 0 Å². The molecule has 0 saturated heterocycles. The first-order chi connectivity index (χ1) is 14.6. The lowest BCUT2D eigenvalue weighted by molar-refractivity contribution is -0.117. The maximum atomic E-state index is 11.8. The fraction of sp³-hybridized carbons (Fsp3) is 0.250. The third-order valence-corrected chi connectivity index (χ3v) is 5.03. The Hall–Kier alpha value is -2.56. The standard InChI is InChI=1S/C24H26Cl2N2O2/c25-21-11-5-3-9-19(21)13-15-23(29)27-17-7-1-2-8-18-28-24(30)16-14-20-10-4-6-12-22(20)26/h3-6,9-16H,1-2,7-8,17-18H2,(H,27,29)(H,28,30). The summed E-state index contributed by atoms with van der Waals surface area (Å²) in [6, 6.07) is 14.7. The van der Waals surface area contributed by atoms with Gasteiger partial charge < -0.3 is 10.6 Å². The average molecular weight is 445 g/mol. The van der Waals surface area contributed by atoms with Crippen LogP contribution in [-0.2, 0) is 9.59 Å². The van der Waals surface area contributed by atoms with E-state index >= 15 is 0 Å². The van der Waals surface area contributed by atoms with Gasteiger partial charge in [-0.15, -0.1) is 0 Å². The number of nitrogens with one attached hydrogen (secondary N) is 2. The molecule has 2 amide bonds. The van der Waals surface area contributed by atoms with Crippen molar-refractivity contribution >= 4 is 47.2 Å². The van der Waals surface area contributed by atoms with Gasteiger partial charge in [-0.05, 0) is 48.3 Å². The van der Waals surface area contributed by atoms with Crippen LogP contribution in [0.1, 0.15) is 36.8 Å². The molecule has 30 heavy (non-hydrogen) atoms.